The molecule has 0 unspecified atom stereocenters. The van der Waals surface area contributed by atoms with E-state index < -0.39 is 5.91 Å². The fourth-order valence-electron chi connectivity index (χ4n) is 2.61. The molecule has 4 N–H and O–H groups in total. The Morgan fingerprint density at radius 2 is 1.63 bits per heavy atom. The highest BCUT2D eigenvalue weighted by molar-refractivity contribution is 6.05. The number of aromatic nitrogens is 1. The summed E-state index contributed by atoms with van der Waals surface area (Å²) in [7, 11) is 0. The SMILES string of the molecule is NC(=O)CNC(=O)c1ccc(CNC(=O)c2cccc3cccnc23)cc1. The van der Waals surface area contributed by atoms with Crippen LogP contribution < -0.4 is 16.4 Å². The third kappa shape index (κ3) is 4.46. The van der Waals surface area contributed by atoms with Crippen molar-refractivity contribution >= 4 is 28.6 Å². The van der Waals surface area contributed by atoms with Crippen LogP contribution in [0.1, 0.15) is 26.3 Å². The van der Waals surface area contributed by atoms with Crippen LogP contribution >= 0.6 is 0 Å². The largest absolute Gasteiger partial charge is 0.368 e. The van der Waals surface area contributed by atoms with Gasteiger partial charge in [-0.25, -0.2) is 0 Å². The molecule has 3 amide bonds. The Kier molecular flexibility index (Phi) is 5.41. The van der Waals surface area contributed by atoms with Gasteiger partial charge in [0, 0.05) is 23.7 Å². The molecule has 0 saturated carbocycles. The highest BCUT2D eigenvalue weighted by Gasteiger charge is 2.11. The molecule has 0 saturated heterocycles. The standard InChI is InChI=1S/C20H18N4O3/c21-17(25)12-24-19(26)15-8-6-13(7-9-15)11-23-20(27)16-5-1-3-14-4-2-10-22-18(14)16/h1-10H,11-12H2,(H2,21,25)(H,23,27)(H,24,26). The first kappa shape index (κ1) is 18.1. The first-order valence-electron chi connectivity index (χ1n) is 8.32. The van der Waals surface area contributed by atoms with Crippen LogP contribution in [0.4, 0.5) is 0 Å². The molecule has 0 aliphatic carbocycles. The Labute approximate surface area is 155 Å². The Balaban J connectivity index is 1.63. The van der Waals surface area contributed by atoms with Crippen molar-refractivity contribution in [3.63, 3.8) is 0 Å². The van der Waals surface area contributed by atoms with E-state index in [4.69, 9.17) is 5.73 Å². The molecule has 0 radical (unpaired) electrons. The van der Waals surface area contributed by atoms with Gasteiger partial charge in [-0.1, -0.05) is 30.3 Å². The van der Waals surface area contributed by atoms with Gasteiger partial charge in [0.25, 0.3) is 11.8 Å². The van der Waals surface area contributed by atoms with E-state index in [1.54, 1.807) is 36.5 Å². The topological polar surface area (TPSA) is 114 Å². The van der Waals surface area contributed by atoms with Gasteiger partial charge < -0.3 is 16.4 Å². The second-order valence-electron chi connectivity index (χ2n) is 5.91. The number of amides is 3. The average molecular weight is 362 g/mol. The van der Waals surface area contributed by atoms with Crippen molar-refractivity contribution in [3.05, 3.63) is 77.5 Å². The fourth-order valence-corrected chi connectivity index (χ4v) is 2.61. The number of hydrogen-bond donors (Lipinski definition) is 3. The summed E-state index contributed by atoms with van der Waals surface area (Å²) in [6.07, 6.45) is 1.65. The van der Waals surface area contributed by atoms with E-state index in [-0.39, 0.29) is 18.4 Å². The van der Waals surface area contributed by atoms with Crippen LogP contribution in [0.5, 0.6) is 0 Å². The quantitative estimate of drug-likeness (QED) is 0.614. The van der Waals surface area contributed by atoms with Crippen molar-refractivity contribution in [1.82, 2.24) is 15.6 Å². The van der Waals surface area contributed by atoms with Gasteiger partial charge in [-0.05, 0) is 29.8 Å². The second-order valence-corrected chi connectivity index (χ2v) is 5.91. The van der Waals surface area contributed by atoms with Crippen LogP contribution in [0.2, 0.25) is 0 Å². The average Bonchev–Trinajstić information content (AvgIpc) is 2.70. The van der Waals surface area contributed by atoms with Gasteiger partial charge in [0.1, 0.15) is 0 Å². The molecular formula is C20H18N4O3. The number of benzene rings is 2. The van der Waals surface area contributed by atoms with E-state index in [9.17, 15) is 14.4 Å². The molecule has 0 aliphatic rings. The van der Waals surface area contributed by atoms with Crippen LogP contribution in [0.25, 0.3) is 10.9 Å². The lowest BCUT2D eigenvalue weighted by molar-refractivity contribution is -0.117. The number of nitrogens with zero attached hydrogens (tertiary/aromatic N) is 1. The molecule has 136 valence electrons. The number of hydrogen-bond acceptors (Lipinski definition) is 4. The van der Waals surface area contributed by atoms with Crippen LogP contribution in [0, 0.1) is 0 Å². The number of carbonyl (C=O) groups is 3. The van der Waals surface area contributed by atoms with Crippen LogP contribution in [-0.2, 0) is 11.3 Å². The minimum absolute atomic E-state index is 0.213. The third-order valence-electron chi connectivity index (χ3n) is 3.97. The summed E-state index contributed by atoms with van der Waals surface area (Å²) in [6, 6.07) is 15.9. The van der Waals surface area contributed by atoms with Gasteiger partial charge >= 0.3 is 0 Å². The molecule has 7 heteroatoms. The number of fused-ring (bicyclic) bond motifs is 1. The zero-order valence-electron chi connectivity index (χ0n) is 14.4. The van der Waals surface area contributed by atoms with E-state index in [1.165, 1.54) is 0 Å². The van der Waals surface area contributed by atoms with Crippen LogP contribution in [-0.4, -0.2) is 29.3 Å². The van der Waals surface area contributed by atoms with Gasteiger partial charge in [-0.3, -0.25) is 19.4 Å². The molecule has 3 aromatic rings. The number of carbonyl (C=O) groups excluding carboxylic acids is 3. The highest BCUT2D eigenvalue weighted by atomic mass is 16.2. The maximum Gasteiger partial charge on any atom is 0.253 e. The first-order valence-corrected chi connectivity index (χ1v) is 8.32. The number of nitrogens with one attached hydrogen (secondary N) is 2. The third-order valence-corrected chi connectivity index (χ3v) is 3.97. The molecule has 0 bridgehead atoms. The Morgan fingerprint density at radius 3 is 2.37 bits per heavy atom. The van der Waals surface area contributed by atoms with Crippen molar-refractivity contribution in [3.8, 4) is 0 Å². The van der Waals surface area contributed by atoms with E-state index in [0.717, 1.165) is 10.9 Å². The zero-order valence-corrected chi connectivity index (χ0v) is 14.4. The summed E-state index contributed by atoms with van der Waals surface area (Å²) in [5.41, 5.74) is 7.40. The molecule has 0 fully saturated rings. The summed E-state index contributed by atoms with van der Waals surface area (Å²) in [5, 5.41) is 6.17. The van der Waals surface area contributed by atoms with Gasteiger partial charge in [0.2, 0.25) is 5.91 Å². The van der Waals surface area contributed by atoms with Crippen molar-refractivity contribution in [2.24, 2.45) is 5.73 Å². The molecular weight excluding hydrogens is 344 g/mol. The molecule has 0 spiro atoms. The molecule has 27 heavy (non-hydrogen) atoms. The van der Waals surface area contributed by atoms with E-state index >= 15 is 0 Å². The Morgan fingerprint density at radius 1 is 0.889 bits per heavy atom. The number of para-hydroxylation sites is 1. The normalized spacial score (nSPS) is 10.4. The van der Waals surface area contributed by atoms with Gasteiger partial charge in [0.05, 0.1) is 17.6 Å². The maximum absolute atomic E-state index is 12.5. The zero-order chi connectivity index (χ0) is 19.2. The summed E-state index contributed by atoms with van der Waals surface area (Å²) in [4.78, 5) is 39.3. The smallest absolute Gasteiger partial charge is 0.253 e. The van der Waals surface area contributed by atoms with Crippen molar-refractivity contribution < 1.29 is 14.4 Å². The summed E-state index contributed by atoms with van der Waals surface area (Å²) in [6.45, 7) is 0.0982. The number of pyridine rings is 1. The summed E-state index contributed by atoms with van der Waals surface area (Å²) < 4.78 is 0. The molecule has 3 rings (SSSR count). The second kappa shape index (κ2) is 8.09. The highest BCUT2D eigenvalue weighted by Crippen LogP contribution is 2.16. The van der Waals surface area contributed by atoms with Crippen molar-refractivity contribution in [2.75, 3.05) is 6.54 Å². The molecule has 2 aromatic carbocycles. The minimum Gasteiger partial charge on any atom is -0.368 e. The van der Waals surface area contributed by atoms with Crippen molar-refractivity contribution in [2.45, 2.75) is 6.54 Å². The molecule has 1 heterocycles. The molecule has 0 aliphatic heterocycles. The number of primary amides is 1. The van der Waals surface area contributed by atoms with Gasteiger partial charge in [0.15, 0.2) is 0 Å². The Bertz CT molecular complexity index is 994. The molecule has 1 aromatic heterocycles. The lowest BCUT2D eigenvalue weighted by Gasteiger charge is -2.08. The predicted octanol–water partition coefficient (Wildman–Crippen LogP) is 1.38. The Hall–Kier alpha value is -3.74. The number of nitrogens with two attached hydrogens (primary N) is 1. The van der Waals surface area contributed by atoms with E-state index in [2.05, 4.69) is 15.6 Å². The summed E-state index contributed by atoms with van der Waals surface area (Å²) in [5.74, 6) is -1.21. The predicted molar refractivity (Wildman–Crippen MR) is 101 cm³/mol. The number of rotatable bonds is 6. The molecule has 0 atom stereocenters. The fraction of sp³-hybridized carbons (Fsp3) is 0.100. The van der Waals surface area contributed by atoms with Gasteiger partial charge in [-0.2, -0.15) is 0 Å². The minimum atomic E-state index is -0.606. The lowest BCUT2D eigenvalue weighted by Crippen LogP contribution is -2.33. The monoisotopic (exact) mass is 362 g/mol. The van der Waals surface area contributed by atoms with E-state index in [1.807, 2.05) is 24.3 Å². The lowest BCUT2D eigenvalue weighted by atomic mass is 10.1. The van der Waals surface area contributed by atoms with Crippen LogP contribution in [0.15, 0.2) is 60.8 Å². The molecule has 7 nitrogen and oxygen atoms in total. The van der Waals surface area contributed by atoms with Gasteiger partial charge in [-0.15, -0.1) is 0 Å². The summed E-state index contributed by atoms with van der Waals surface area (Å²) >= 11 is 0. The first-order chi connectivity index (χ1) is 13.0. The van der Waals surface area contributed by atoms with E-state index in [0.29, 0.717) is 23.2 Å². The van der Waals surface area contributed by atoms with Crippen LogP contribution in [0.3, 0.4) is 0 Å². The maximum atomic E-state index is 12.5. The van der Waals surface area contributed by atoms with Crippen molar-refractivity contribution in [1.29, 1.82) is 0 Å².